The van der Waals surface area contributed by atoms with E-state index in [2.05, 4.69) is 15.0 Å². The van der Waals surface area contributed by atoms with Crippen molar-refractivity contribution in [2.45, 2.75) is 0 Å². The molecule has 3 aromatic rings. The largest absolute Gasteiger partial charge is 0.378 e. The molecule has 0 spiro atoms. The second-order valence-electron chi connectivity index (χ2n) is 5.47. The van der Waals surface area contributed by atoms with Crippen LogP contribution in [-0.4, -0.2) is 41.3 Å². The van der Waals surface area contributed by atoms with Gasteiger partial charge in [0, 0.05) is 35.3 Å². The normalized spacial score (nSPS) is 15.0. The summed E-state index contributed by atoms with van der Waals surface area (Å²) in [4.78, 5) is 15.5. The number of fused-ring (bicyclic) bond motifs is 1. The molecule has 122 valence electrons. The molecule has 0 N–H and O–H groups in total. The van der Waals surface area contributed by atoms with Gasteiger partial charge in [-0.25, -0.2) is 14.4 Å². The quantitative estimate of drug-likeness (QED) is 0.713. The second-order valence-corrected chi connectivity index (χ2v) is 5.91. The molecule has 1 fully saturated rings. The number of morpholine rings is 1. The van der Waals surface area contributed by atoms with Gasteiger partial charge in [-0.15, -0.1) is 0 Å². The Morgan fingerprint density at radius 2 is 1.96 bits per heavy atom. The summed E-state index contributed by atoms with van der Waals surface area (Å²) in [5.41, 5.74) is 1.44. The highest BCUT2D eigenvalue weighted by Crippen LogP contribution is 2.30. The molecule has 3 heterocycles. The summed E-state index contributed by atoms with van der Waals surface area (Å²) in [5, 5.41) is 1.05. The molecule has 1 aliphatic rings. The summed E-state index contributed by atoms with van der Waals surface area (Å²) < 4.78 is 19.8. The minimum absolute atomic E-state index is 0.348. The molecule has 24 heavy (non-hydrogen) atoms. The van der Waals surface area contributed by atoms with Crippen LogP contribution in [0.5, 0.6) is 0 Å². The standard InChI is InChI=1S/C17H14ClFN4O/c18-11-3-4-12(14(19)10-11)15-13-2-1-5-20-16(13)22-17(21-15)23-6-8-24-9-7-23/h1-5,10H,6-9H2. The van der Waals surface area contributed by atoms with Crippen LogP contribution in [0.25, 0.3) is 22.3 Å². The average molecular weight is 345 g/mol. The van der Waals surface area contributed by atoms with Crippen LogP contribution in [0, 0.1) is 5.82 Å². The Morgan fingerprint density at radius 1 is 1.12 bits per heavy atom. The molecule has 0 amide bonds. The van der Waals surface area contributed by atoms with Crippen LogP contribution in [0.4, 0.5) is 10.3 Å². The zero-order valence-corrected chi connectivity index (χ0v) is 13.5. The van der Waals surface area contributed by atoms with E-state index in [1.165, 1.54) is 6.07 Å². The topological polar surface area (TPSA) is 51.1 Å². The fraction of sp³-hybridized carbons (Fsp3) is 0.235. The monoisotopic (exact) mass is 344 g/mol. The molecule has 0 radical (unpaired) electrons. The lowest BCUT2D eigenvalue weighted by Gasteiger charge is -2.27. The number of pyridine rings is 1. The van der Waals surface area contributed by atoms with Crippen LogP contribution in [0.15, 0.2) is 36.5 Å². The van der Waals surface area contributed by atoms with E-state index in [4.69, 9.17) is 16.3 Å². The van der Waals surface area contributed by atoms with Crippen molar-refractivity contribution in [1.29, 1.82) is 0 Å². The fourth-order valence-electron chi connectivity index (χ4n) is 2.74. The summed E-state index contributed by atoms with van der Waals surface area (Å²) in [6, 6.07) is 8.20. The summed E-state index contributed by atoms with van der Waals surface area (Å²) in [5.74, 6) is 0.119. The maximum Gasteiger partial charge on any atom is 0.228 e. The van der Waals surface area contributed by atoms with Crippen LogP contribution in [0.1, 0.15) is 0 Å². The molecule has 0 unspecified atom stereocenters. The molecule has 0 saturated carbocycles. The molecule has 0 aliphatic carbocycles. The van der Waals surface area contributed by atoms with Crippen LogP contribution in [0.2, 0.25) is 5.02 Å². The van der Waals surface area contributed by atoms with Crippen LogP contribution < -0.4 is 4.90 Å². The smallest absolute Gasteiger partial charge is 0.228 e. The lowest BCUT2D eigenvalue weighted by molar-refractivity contribution is 0.122. The van der Waals surface area contributed by atoms with Gasteiger partial charge in [-0.05, 0) is 30.3 Å². The van der Waals surface area contributed by atoms with Crippen molar-refractivity contribution in [3.05, 3.63) is 47.4 Å². The SMILES string of the molecule is Fc1cc(Cl)ccc1-c1nc(N2CCOCC2)nc2ncccc12. The third-order valence-corrected chi connectivity index (χ3v) is 4.17. The van der Waals surface area contributed by atoms with Crippen molar-refractivity contribution < 1.29 is 9.13 Å². The summed E-state index contributed by atoms with van der Waals surface area (Å²) in [7, 11) is 0. The number of nitrogens with zero attached hydrogens (tertiary/aromatic N) is 4. The van der Waals surface area contributed by atoms with E-state index in [0.717, 1.165) is 0 Å². The van der Waals surface area contributed by atoms with E-state index in [0.29, 0.717) is 59.6 Å². The van der Waals surface area contributed by atoms with Crippen LogP contribution in [-0.2, 0) is 4.74 Å². The van der Waals surface area contributed by atoms with Gasteiger partial charge in [0.05, 0.1) is 18.9 Å². The number of hydrogen-bond acceptors (Lipinski definition) is 5. The predicted octanol–water partition coefficient (Wildman–Crippen LogP) is 3.32. The highest BCUT2D eigenvalue weighted by molar-refractivity contribution is 6.30. The fourth-order valence-corrected chi connectivity index (χ4v) is 2.90. The molecule has 1 saturated heterocycles. The van der Waals surface area contributed by atoms with E-state index in [1.807, 2.05) is 11.0 Å². The van der Waals surface area contributed by atoms with E-state index < -0.39 is 5.82 Å². The second kappa shape index (κ2) is 6.30. The number of aromatic nitrogens is 3. The Bertz CT molecular complexity index is 899. The van der Waals surface area contributed by atoms with Gasteiger partial charge in [0.25, 0.3) is 0 Å². The van der Waals surface area contributed by atoms with Gasteiger partial charge in [-0.2, -0.15) is 4.98 Å². The molecule has 0 bridgehead atoms. The van der Waals surface area contributed by atoms with E-state index in [-0.39, 0.29) is 0 Å². The van der Waals surface area contributed by atoms with Crippen LogP contribution >= 0.6 is 11.6 Å². The lowest BCUT2D eigenvalue weighted by atomic mass is 10.1. The molecule has 1 aliphatic heterocycles. The van der Waals surface area contributed by atoms with Gasteiger partial charge in [0.2, 0.25) is 5.95 Å². The average Bonchev–Trinajstić information content (AvgIpc) is 2.62. The molecule has 2 aromatic heterocycles. The van der Waals surface area contributed by atoms with Crippen molar-refractivity contribution >= 4 is 28.6 Å². The van der Waals surface area contributed by atoms with Crippen molar-refractivity contribution in [1.82, 2.24) is 15.0 Å². The maximum absolute atomic E-state index is 14.4. The first-order chi connectivity index (χ1) is 11.7. The Balaban J connectivity index is 1.92. The van der Waals surface area contributed by atoms with E-state index in [9.17, 15) is 4.39 Å². The highest BCUT2D eigenvalue weighted by Gasteiger charge is 2.19. The Kier molecular flexibility index (Phi) is 4.00. The first-order valence-electron chi connectivity index (χ1n) is 7.63. The van der Waals surface area contributed by atoms with Gasteiger partial charge < -0.3 is 9.64 Å². The Morgan fingerprint density at radius 3 is 2.75 bits per heavy atom. The highest BCUT2D eigenvalue weighted by atomic mass is 35.5. The molecule has 1 aromatic carbocycles. The maximum atomic E-state index is 14.4. The molecule has 4 rings (SSSR count). The molecule has 0 atom stereocenters. The summed E-state index contributed by atoms with van der Waals surface area (Å²) in [6.07, 6.45) is 1.67. The van der Waals surface area contributed by atoms with Gasteiger partial charge in [-0.3, -0.25) is 0 Å². The zero-order chi connectivity index (χ0) is 16.5. The summed E-state index contributed by atoms with van der Waals surface area (Å²) in [6.45, 7) is 2.63. The molecule has 7 heteroatoms. The third-order valence-electron chi connectivity index (χ3n) is 3.94. The van der Waals surface area contributed by atoms with Crippen molar-refractivity contribution in [3.8, 4) is 11.3 Å². The molecular weight excluding hydrogens is 331 g/mol. The molecular formula is C17H14ClFN4O. The number of hydrogen-bond donors (Lipinski definition) is 0. The van der Waals surface area contributed by atoms with E-state index >= 15 is 0 Å². The first-order valence-corrected chi connectivity index (χ1v) is 8.01. The minimum atomic E-state index is -0.417. The van der Waals surface area contributed by atoms with Gasteiger partial charge in [0.15, 0.2) is 5.65 Å². The number of halogens is 2. The third kappa shape index (κ3) is 2.79. The van der Waals surface area contributed by atoms with Gasteiger partial charge >= 0.3 is 0 Å². The first kappa shape index (κ1) is 15.2. The Hall–Kier alpha value is -2.31. The van der Waals surface area contributed by atoms with Crippen molar-refractivity contribution in [2.24, 2.45) is 0 Å². The number of benzene rings is 1. The number of ether oxygens (including phenoxy) is 1. The zero-order valence-electron chi connectivity index (χ0n) is 12.7. The predicted molar refractivity (Wildman–Crippen MR) is 90.8 cm³/mol. The van der Waals surface area contributed by atoms with Crippen molar-refractivity contribution in [2.75, 3.05) is 31.2 Å². The van der Waals surface area contributed by atoms with Crippen molar-refractivity contribution in [3.63, 3.8) is 0 Å². The summed E-state index contributed by atoms with van der Waals surface area (Å²) >= 11 is 5.87. The van der Waals surface area contributed by atoms with Crippen LogP contribution in [0.3, 0.4) is 0 Å². The minimum Gasteiger partial charge on any atom is -0.378 e. The Labute approximate surface area is 143 Å². The number of rotatable bonds is 2. The van der Waals surface area contributed by atoms with Gasteiger partial charge in [-0.1, -0.05) is 11.6 Å². The number of anilines is 1. The van der Waals surface area contributed by atoms with Gasteiger partial charge in [0.1, 0.15) is 5.82 Å². The van der Waals surface area contributed by atoms with E-state index in [1.54, 1.807) is 24.4 Å². The molecule has 5 nitrogen and oxygen atoms in total. The lowest BCUT2D eigenvalue weighted by Crippen LogP contribution is -2.37.